The standard InChI is InChI=1S/C22H26N6O3.2C18H22N6O2.C13H15ClN2O.C9H12N4O2.3CH4.Na.H2O/c1-12-10-14(25-17-15(12)21(30)28-22(17)8-4-3-5-9-22)26-18-16(31-2)19(24-11-23-18)27-20(29)13-6-7-13;2*1-10-8-11(23-16-13(26-2)15(19)20-9-21-16)22-14-12(10)17(25)24-18(14)6-4-3-5-7-18;1-8-7-9(14)15-11-10(8)12(17)16-13(11)5-3-2-4-6-13;1-15-6-7(10)11-4-12-8(6)13-9(14)5-2-3-5;;;;;/h10-11,13H,3-9H2,1-2H3,(H,28,30)(H2,23,24,25,26,27,29);2*8-9H,3-7H2,1-2H3,(H,24,25)(H3,19,20,21,22,23);7H,2-6H2,1H3,(H,16,17);4-5H,2-3H2,1H3,(H3,10,11,12,13,14);3*1H4;;1H2/q;;;;;;;;+1;/p-1. The molecule has 6 amide bonds. The van der Waals surface area contributed by atoms with Crippen molar-refractivity contribution in [3.63, 3.8) is 0 Å². The Hall–Kier alpha value is -11.0. The summed E-state index contributed by atoms with van der Waals surface area (Å²) in [6, 6.07) is 7.29. The van der Waals surface area contributed by atoms with Crippen LogP contribution in [0.15, 0.2) is 49.6 Å². The second kappa shape index (κ2) is 39.0. The number of nitrogens with one attached hydrogen (secondary N) is 9. The van der Waals surface area contributed by atoms with E-state index in [1.807, 2.05) is 45.9 Å². The third-order valence-electron chi connectivity index (χ3n) is 23.0. The molecule has 35 nitrogen and oxygen atoms in total. The number of amides is 6. The third-order valence-corrected chi connectivity index (χ3v) is 23.2. The van der Waals surface area contributed by atoms with Gasteiger partial charge in [-0.05, 0) is 151 Å². The third kappa shape index (κ3) is 19.1. The van der Waals surface area contributed by atoms with Crippen molar-refractivity contribution in [3.8, 4) is 23.0 Å². The van der Waals surface area contributed by atoms with Gasteiger partial charge < -0.3 is 89.5 Å². The number of carbonyl (C=O) groups is 6. The molecule has 4 aliphatic heterocycles. The molecule has 0 radical (unpaired) electrons. The van der Waals surface area contributed by atoms with E-state index in [2.05, 4.69) is 92.7 Å². The fraction of sp³-hybridized carbons (Fsp3) is 0.494. The first kappa shape index (κ1) is 92.9. The van der Waals surface area contributed by atoms with Crippen LogP contribution in [0.25, 0.3) is 0 Å². The number of methoxy groups -OCH3 is 4. The molecule has 37 heteroatoms. The number of aryl methyl sites for hydroxylation is 4. The Labute approximate surface area is 725 Å². The number of pyridine rings is 4. The quantitative estimate of drug-likeness (QED) is 0.0355. The number of carbonyl (C=O) groups excluding carboxylic acids is 6. The maximum absolute atomic E-state index is 12.7. The second-order valence-electron chi connectivity index (χ2n) is 30.9. The Morgan fingerprint density at radius 3 is 0.908 bits per heavy atom. The zero-order chi connectivity index (χ0) is 81.1. The summed E-state index contributed by atoms with van der Waals surface area (Å²) in [6.45, 7) is 7.71. The van der Waals surface area contributed by atoms with Crippen LogP contribution in [-0.2, 0) is 31.7 Å². The minimum Gasteiger partial charge on any atom is -0.870 e. The maximum Gasteiger partial charge on any atom is 1.00 e. The first-order valence-electron chi connectivity index (χ1n) is 39.2. The SMILES string of the molecule is C.C.C.COc1c(N)ncnc1NC(=O)C1CC1.COc1c(N)ncnc1Nc1cc(C)c2c(n1)C1(CCCCC1)NC2=O.COc1c(N)ncnc1Nc1cc(C)c2c(n1)C1(CCCCC1)NC2=O.COc1c(NC(=O)C2CC2)ncnc1Nc1cc(C)c2c(n1)C1(CCCCC1)NC2=O.Cc1cc(Cl)nc2c1C(=O)NC21CCCCC1.[Na+].[OH-]. The van der Waals surface area contributed by atoms with Crippen LogP contribution in [-0.4, -0.2) is 129 Å². The van der Waals surface area contributed by atoms with Crippen molar-refractivity contribution in [3.05, 3.63) is 122 Å². The molecule has 0 atom stereocenters. The van der Waals surface area contributed by atoms with E-state index < -0.39 is 0 Å². The summed E-state index contributed by atoms with van der Waals surface area (Å²) >= 11 is 6.03. The molecule has 0 unspecified atom stereocenters. The number of rotatable bonds is 14. The van der Waals surface area contributed by atoms with Gasteiger partial charge in [-0.1, -0.05) is 111 Å². The van der Waals surface area contributed by atoms with E-state index >= 15 is 0 Å². The number of anilines is 11. The molecule has 8 aromatic rings. The van der Waals surface area contributed by atoms with Crippen LogP contribution in [0.1, 0.15) is 263 Å². The zero-order valence-electron chi connectivity index (χ0n) is 67.3. The number of hydrogen-bond donors (Lipinski definition) is 12. The molecule has 16 N–H and O–H groups in total. The topological polar surface area (TPSA) is 510 Å². The van der Waals surface area contributed by atoms with Crippen LogP contribution < -0.4 is 114 Å². The molecule has 6 saturated carbocycles. The number of hydrogen-bond acceptors (Lipinski definition) is 29. The number of nitrogen functional groups attached to an aromatic ring is 3. The van der Waals surface area contributed by atoms with Gasteiger partial charge in [0, 0.05) is 11.8 Å². The molecular weight excluding hydrogens is 1570 g/mol. The van der Waals surface area contributed by atoms with E-state index in [1.165, 1.54) is 79.4 Å². The van der Waals surface area contributed by atoms with Gasteiger partial charge in [-0.3, -0.25) is 28.8 Å². The summed E-state index contributed by atoms with van der Waals surface area (Å²) in [7, 11) is 6.00. The number of nitrogens with two attached hydrogens (primary N) is 3. The average Bonchev–Trinajstić information content (AvgIpc) is 1.60. The zero-order valence-corrected chi connectivity index (χ0v) is 70.0. The normalized spacial score (nSPS) is 17.4. The van der Waals surface area contributed by atoms with Crippen molar-refractivity contribution >= 4 is 111 Å². The van der Waals surface area contributed by atoms with Crippen molar-refractivity contribution in [2.75, 3.05) is 72.2 Å². The first-order valence-corrected chi connectivity index (χ1v) is 39.6. The molecular formula is C83H110ClN24NaO11. The molecule has 8 aromatic heterocycles. The predicted molar refractivity (Wildman–Crippen MR) is 452 cm³/mol. The molecule has 636 valence electrons. The van der Waals surface area contributed by atoms with E-state index in [4.69, 9.17) is 62.7 Å². The summed E-state index contributed by atoms with van der Waals surface area (Å²) in [6.07, 6.45) is 30.2. The minimum absolute atomic E-state index is 0. The number of halogens is 1. The van der Waals surface area contributed by atoms with Crippen LogP contribution in [0.2, 0.25) is 5.15 Å². The summed E-state index contributed by atoms with van der Waals surface area (Å²) in [5.41, 5.74) is 25.7. The van der Waals surface area contributed by atoms with Gasteiger partial charge in [0.25, 0.3) is 23.6 Å². The fourth-order valence-corrected chi connectivity index (χ4v) is 17.3. The van der Waals surface area contributed by atoms with E-state index in [0.717, 1.165) is 179 Å². The molecule has 10 aliphatic rings. The van der Waals surface area contributed by atoms with Gasteiger partial charge in [-0.15, -0.1) is 0 Å². The van der Waals surface area contributed by atoms with Crippen molar-refractivity contribution in [2.24, 2.45) is 11.8 Å². The van der Waals surface area contributed by atoms with Gasteiger partial charge in [0.05, 0.1) is 95.6 Å². The Kier molecular flexibility index (Phi) is 30.2. The number of nitrogens with zero attached hydrogens (tertiary/aromatic N) is 12. The van der Waals surface area contributed by atoms with E-state index in [0.29, 0.717) is 91.4 Å². The molecule has 0 aromatic carbocycles. The predicted octanol–water partition coefficient (Wildman–Crippen LogP) is 10.1. The number of ether oxygens (including phenoxy) is 4. The Morgan fingerprint density at radius 1 is 0.383 bits per heavy atom. The van der Waals surface area contributed by atoms with Gasteiger partial charge >= 0.3 is 29.6 Å². The molecule has 12 heterocycles. The van der Waals surface area contributed by atoms with E-state index in [9.17, 15) is 28.8 Å². The largest absolute Gasteiger partial charge is 1.00 e. The van der Waals surface area contributed by atoms with E-state index in [1.54, 1.807) is 6.07 Å². The van der Waals surface area contributed by atoms with Crippen LogP contribution in [0.5, 0.6) is 23.0 Å². The van der Waals surface area contributed by atoms with Gasteiger partial charge in [-0.25, -0.2) is 59.8 Å². The van der Waals surface area contributed by atoms with Crippen molar-refractivity contribution in [1.29, 1.82) is 0 Å². The molecule has 0 saturated heterocycles. The average molecular weight is 1680 g/mol. The number of aromatic nitrogens is 12. The Bertz CT molecular complexity index is 4980. The molecule has 4 spiro atoms. The van der Waals surface area contributed by atoms with Gasteiger partial charge in [0.1, 0.15) is 47.9 Å². The molecule has 120 heavy (non-hydrogen) atoms. The van der Waals surface area contributed by atoms with Gasteiger partial charge in [-0.2, -0.15) is 0 Å². The summed E-state index contributed by atoms with van der Waals surface area (Å²) in [5.74, 6) is 5.88. The van der Waals surface area contributed by atoms with Crippen molar-refractivity contribution < 1.29 is 82.7 Å². The Morgan fingerprint density at radius 2 is 0.625 bits per heavy atom. The van der Waals surface area contributed by atoms with Gasteiger partial charge in [0.2, 0.25) is 34.8 Å². The number of fused-ring (bicyclic) bond motifs is 8. The van der Waals surface area contributed by atoms with Crippen LogP contribution in [0, 0.1) is 39.5 Å². The fourth-order valence-electron chi connectivity index (χ4n) is 17.1. The molecule has 18 rings (SSSR count). The van der Waals surface area contributed by atoms with Crippen LogP contribution >= 0.6 is 11.6 Å². The van der Waals surface area contributed by atoms with Crippen molar-refractivity contribution in [2.45, 2.75) is 226 Å². The molecule has 0 bridgehead atoms. The summed E-state index contributed by atoms with van der Waals surface area (Å²) in [4.78, 5) is 125. The summed E-state index contributed by atoms with van der Waals surface area (Å²) < 4.78 is 21.1. The molecule has 6 fully saturated rings. The van der Waals surface area contributed by atoms with Crippen LogP contribution in [0.4, 0.5) is 64.0 Å². The van der Waals surface area contributed by atoms with Crippen LogP contribution in [0.3, 0.4) is 0 Å². The first-order chi connectivity index (χ1) is 55.4. The Balaban J connectivity index is 0.000000172. The van der Waals surface area contributed by atoms with Gasteiger partial charge in [0.15, 0.2) is 46.5 Å². The second-order valence-corrected chi connectivity index (χ2v) is 31.3. The van der Waals surface area contributed by atoms with E-state index in [-0.39, 0.29) is 144 Å². The monoisotopic (exact) mass is 1680 g/mol. The van der Waals surface area contributed by atoms with Crippen molar-refractivity contribution in [1.82, 2.24) is 81.1 Å². The minimum atomic E-state index is -0.383. The maximum atomic E-state index is 12.7. The smallest absolute Gasteiger partial charge is 0.870 e. The summed E-state index contributed by atoms with van der Waals surface area (Å²) in [5, 5.41) is 28.3. The molecule has 6 aliphatic carbocycles.